The Morgan fingerprint density at radius 1 is 0.397 bits per heavy atom. The Kier molecular flexibility index (Phi) is 36.5. The van der Waals surface area contributed by atoms with E-state index in [0.29, 0.717) is 0 Å². The standard InChI is InChI=1S/C66H112N3O56P/c1-14(77)69-29-39(90)31(82)19(6-72)110-57(29)120-54-43(94)35(86)23(10-76)114-62(54)118-51-25(12-107-61-53(42(93)34(85)22(9-75)113-61)121-59-45(96)41(92)33(84)21(8-74)112-59)116-60(46(97)52(51)119-58-44(95)40(91)32(83)20(7-73)111-58)117-50-18(122-66(64(101)102)2-15(78)30(81)47(123-66)16(79)4-70)3-65(63(99)100,124-48(50)17(80)5-71)108-13-26-49(125-126(103,104)105)38(89)28(68)56(115-26)106-11-24-36(87)37(88)27(67)55(98)109-24/h15-62,70-76,78-98H,2-13,67-68H2,1H3,(H,69,77)(H,99,100)(H,101,102)(H2,103,104,105)/t15-,16-,17-,18-,19-,20-,21-,22-,23-,24-,25-,26-,27-,28-,29-,30-,31-,32-,33-,34-,35-,36-,37-,38-,39-,40+,41+,42+,43+,44-,45-,46-,47-,48-,49-,50-,51-,52-,53-,54-,55+,56-,57-,58+,59-,60-,61-,62+,65-,66-/m1/s1. The molecule has 0 bridgehead atoms. The van der Waals surface area contributed by atoms with Gasteiger partial charge in [-0.15, -0.1) is 0 Å². The molecule has 0 aliphatic carbocycles. The van der Waals surface area contributed by atoms with Gasteiger partial charge >= 0.3 is 19.8 Å². The van der Waals surface area contributed by atoms with Crippen LogP contribution >= 0.6 is 7.82 Å². The number of aliphatic hydroxyl groups is 28. The summed E-state index contributed by atoms with van der Waals surface area (Å²) in [4.78, 5) is 61.5. The van der Waals surface area contributed by atoms with Crippen LogP contribution in [0.2, 0.25) is 0 Å². The van der Waals surface area contributed by atoms with Crippen molar-refractivity contribution < 1.29 is 276 Å². The quantitative estimate of drug-likeness (QED) is 0.0262. The van der Waals surface area contributed by atoms with Gasteiger partial charge in [0, 0.05) is 19.8 Å². The number of aliphatic hydroxyl groups excluding tert-OH is 28. The van der Waals surface area contributed by atoms with E-state index < -0.39 is 410 Å². The van der Waals surface area contributed by atoms with Crippen molar-refractivity contribution in [2.75, 3.05) is 66.1 Å². The van der Waals surface area contributed by atoms with Crippen LogP contribution in [0.5, 0.6) is 0 Å². The highest BCUT2D eigenvalue weighted by molar-refractivity contribution is 7.46. The number of hydrogen-bond acceptors (Lipinski definition) is 54. The lowest BCUT2D eigenvalue weighted by atomic mass is 9.89. The monoisotopic (exact) mass is 1870 g/mol. The minimum Gasteiger partial charge on any atom is -0.477 e. The molecule has 0 radical (unpaired) electrons. The number of nitrogens with one attached hydrogen (secondary N) is 1. The van der Waals surface area contributed by atoms with Gasteiger partial charge < -0.3 is 270 Å². The summed E-state index contributed by atoms with van der Waals surface area (Å²) in [6.07, 6.45) is -110. The van der Waals surface area contributed by atoms with Crippen LogP contribution in [-0.2, 0) is 113 Å². The largest absolute Gasteiger partial charge is 0.477 e. The van der Waals surface area contributed by atoms with Crippen LogP contribution in [0.25, 0.3) is 0 Å². The lowest BCUT2D eigenvalue weighted by molar-refractivity contribution is -0.419. The van der Waals surface area contributed by atoms with Crippen molar-refractivity contribution in [1.29, 1.82) is 0 Å². The zero-order valence-corrected chi connectivity index (χ0v) is 66.8. The summed E-state index contributed by atoms with van der Waals surface area (Å²) in [5.74, 6) is -13.4. The van der Waals surface area contributed by atoms with Crippen molar-refractivity contribution in [2.24, 2.45) is 11.5 Å². The molecule has 0 aromatic heterocycles. The number of phosphoric ester groups is 1. The van der Waals surface area contributed by atoms with E-state index in [0.717, 1.165) is 6.92 Å². The maximum absolute atomic E-state index is 14.4. The Morgan fingerprint density at radius 2 is 0.802 bits per heavy atom. The van der Waals surface area contributed by atoms with Crippen LogP contribution < -0.4 is 16.8 Å². The number of carbonyl (C=O) groups excluding carboxylic acids is 1. The zero-order chi connectivity index (χ0) is 93.3. The Morgan fingerprint density at radius 3 is 1.32 bits per heavy atom. The second-order valence-corrected chi connectivity index (χ2v) is 32.6. The lowest BCUT2D eigenvalue weighted by Gasteiger charge is -2.53. The average Bonchev–Trinajstić information content (AvgIpc) is 0.738. The fourth-order valence-corrected chi connectivity index (χ4v) is 16.4. The molecule has 0 saturated carbocycles. The Bertz CT molecular complexity index is 3490. The number of carbonyl (C=O) groups is 3. The van der Waals surface area contributed by atoms with E-state index in [1.54, 1.807) is 0 Å². The molecule has 50 atom stereocenters. The first kappa shape index (κ1) is 105. The lowest BCUT2D eigenvalue weighted by Crippen LogP contribution is -2.71. The fourth-order valence-electron chi connectivity index (χ4n) is 15.8. The van der Waals surface area contributed by atoms with Crippen LogP contribution in [0.3, 0.4) is 0 Å². The van der Waals surface area contributed by atoms with Crippen molar-refractivity contribution >= 4 is 25.7 Å². The van der Waals surface area contributed by atoms with Crippen LogP contribution in [0.4, 0.5) is 0 Å². The topological polar surface area (TPSA) is 964 Å². The van der Waals surface area contributed by atoms with E-state index in [2.05, 4.69) is 5.32 Å². The maximum atomic E-state index is 14.4. The van der Waals surface area contributed by atoms with E-state index in [1.807, 2.05) is 0 Å². The summed E-state index contributed by atoms with van der Waals surface area (Å²) in [6.45, 7) is -12.4. The molecule has 10 fully saturated rings. The molecule has 126 heavy (non-hydrogen) atoms. The first-order valence-corrected chi connectivity index (χ1v) is 40.7. The minimum atomic E-state index is -5.92. The van der Waals surface area contributed by atoms with Crippen molar-refractivity contribution in [3.8, 4) is 0 Å². The van der Waals surface area contributed by atoms with Gasteiger partial charge in [0.15, 0.2) is 50.3 Å². The molecule has 0 spiro atoms. The van der Waals surface area contributed by atoms with Gasteiger partial charge in [-0.3, -0.25) is 9.32 Å². The van der Waals surface area contributed by atoms with Crippen LogP contribution in [0, 0.1) is 0 Å². The van der Waals surface area contributed by atoms with E-state index in [-0.39, 0.29) is 0 Å². The first-order chi connectivity index (χ1) is 59.2. The molecule has 10 rings (SSSR count). The summed E-state index contributed by atoms with van der Waals surface area (Å²) in [6, 6.07) is -5.58. The maximum Gasteiger partial charge on any atom is 0.470 e. The van der Waals surface area contributed by atoms with Gasteiger partial charge in [-0.1, -0.05) is 0 Å². The molecular formula is C66H112N3O56P. The van der Waals surface area contributed by atoms with Gasteiger partial charge in [0.2, 0.25) is 5.91 Å². The number of nitrogens with two attached hydrogens (primary N) is 2. The Balaban J connectivity index is 1.13. The molecule has 10 saturated heterocycles. The molecular weight excluding hydrogens is 1760 g/mol. The first-order valence-electron chi connectivity index (χ1n) is 39.2. The number of amides is 1. The van der Waals surface area contributed by atoms with E-state index >= 15 is 0 Å². The van der Waals surface area contributed by atoms with Gasteiger partial charge in [-0.25, -0.2) is 14.2 Å². The highest BCUT2D eigenvalue weighted by Gasteiger charge is 2.66. The molecule has 732 valence electrons. The number of phosphoric acid groups is 1. The zero-order valence-electron chi connectivity index (χ0n) is 65.9. The fraction of sp³-hybridized carbons (Fsp3) is 0.955. The van der Waals surface area contributed by atoms with Gasteiger partial charge in [0.1, 0.15) is 220 Å². The normalized spacial score (nSPS) is 49.3. The Labute approximate surface area is 708 Å². The summed E-state index contributed by atoms with van der Waals surface area (Å²) in [5.41, 5.74) is 11.9. The SMILES string of the molecule is CC(=O)N[C@H]1[C@@H](O[C@H]2[C@H](O[C@H]3[C@H](O[C@@H]4O[C@H](CO)[C@@H](O)[C@H](O)[C@H]4O)[C@@H](O)[C@@H](O[C@H]4[C@@H]([C@H](O)CO)O[C@@](OC[C@H]5O[C@@H](OC[C@H]6O[C@H](O)[C@H](N)[C@@H](O)[C@@H]6O)[C@H](N)[C@@H](O)[C@@H]5OP(=O)(O)O)(C(=O)O)C[C@H]4O[C@]4(C(=O)O)C[C@@H](O)[C@@H](O)[C@@H]([C@H](O)CO)O4)O[C@@H]3CO[C@@H]3O[C@H](CO)[C@@H](O)[C@H](O)[C@H]3O[C@H]3O[C@H](CO)[C@@H](O)[C@H](O)[C@H]3O)O[C@H](CO)[C@@H](O)[C@@H]2O)O[C@H](CO)[C@@H](O)[C@@H]1O. The number of rotatable bonds is 35. The van der Waals surface area contributed by atoms with Crippen LogP contribution in [-0.4, -0.2) is 553 Å². The molecule has 10 aliphatic heterocycles. The van der Waals surface area contributed by atoms with Gasteiger partial charge in [0.25, 0.3) is 11.6 Å². The predicted molar refractivity (Wildman–Crippen MR) is 379 cm³/mol. The third kappa shape index (κ3) is 22.5. The average molecular weight is 1870 g/mol. The van der Waals surface area contributed by atoms with Crippen molar-refractivity contribution in [3.63, 3.8) is 0 Å². The Hall–Kier alpha value is -3.44. The van der Waals surface area contributed by atoms with Gasteiger partial charge in [-0.2, -0.15) is 0 Å². The van der Waals surface area contributed by atoms with E-state index in [9.17, 15) is 182 Å². The molecule has 0 aromatic carbocycles. The molecule has 59 nitrogen and oxygen atoms in total. The minimum absolute atomic E-state index is 0.896. The number of carboxylic acid groups (broad SMARTS) is 2. The third-order valence-corrected chi connectivity index (χ3v) is 23.4. The number of aliphatic carboxylic acids is 2. The molecule has 10 aliphatic rings. The summed E-state index contributed by atoms with van der Waals surface area (Å²) < 4.78 is 130. The number of carboxylic acids is 2. The van der Waals surface area contributed by atoms with Gasteiger partial charge in [-0.05, 0) is 0 Å². The molecule has 0 aromatic rings. The third-order valence-electron chi connectivity index (χ3n) is 22.9. The number of hydrogen-bond donors (Lipinski definition) is 35. The van der Waals surface area contributed by atoms with Crippen molar-refractivity contribution in [1.82, 2.24) is 5.32 Å². The van der Waals surface area contributed by atoms with Gasteiger partial charge in [0.05, 0.1) is 90.4 Å². The number of ether oxygens (including phenoxy) is 19. The second kappa shape index (κ2) is 43.9. The molecule has 37 N–H and O–H groups in total. The molecule has 60 heteroatoms. The van der Waals surface area contributed by atoms with E-state index in [1.165, 1.54) is 0 Å². The highest BCUT2D eigenvalue weighted by Crippen LogP contribution is 2.47. The molecule has 10 heterocycles. The second-order valence-electron chi connectivity index (χ2n) is 31.5. The summed E-state index contributed by atoms with van der Waals surface area (Å²) >= 11 is 0. The van der Waals surface area contributed by atoms with Crippen LogP contribution in [0.1, 0.15) is 19.8 Å². The van der Waals surface area contributed by atoms with Crippen molar-refractivity contribution in [3.05, 3.63) is 0 Å². The highest BCUT2D eigenvalue weighted by atomic mass is 31.2. The molecule has 1 amide bonds. The van der Waals surface area contributed by atoms with Crippen LogP contribution in [0.15, 0.2) is 0 Å². The molecule has 0 unspecified atom stereocenters. The summed E-state index contributed by atoms with van der Waals surface area (Å²) in [7, 11) is -5.92. The predicted octanol–water partition coefficient (Wildman–Crippen LogP) is -22.9. The van der Waals surface area contributed by atoms with E-state index in [4.69, 9.17) is 106 Å². The smallest absolute Gasteiger partial charge is 0.470 e. The van der Waals surface area contributed by atoms with Crippen molar-refractivity contribution in [2.45, 2.75) is 326 Å². The summed E-state index contributed by atoms with van der Waals surface area (Å²) in [5, 5.41) is 337.